The normalized spacial score (nSPS) is 28.0. The number of nitrogens with two attached hydrogens (primary N) is 1. The first-order valence-electron chi connectivity index (χ1n) is 12.3. The summed E-state index contributed by atoms with van der Waals surface area (Å²) in [5, 5.41) is 7.78. The van der Waals surface area contributed by atoms with E-state index in [0.29, 0.717) is 51.7 Å². The molecule has 1 aromatic carbocycles. The van der Waals surface area contributed by atoms with Gasteiger partial charge in [0.15, 0.2) is 11.5 Å². The Bertz CT molecular complexity index is 1320. The number of fused-ring (bicyclic) bond motifs is 1. The molecule has 3 aromatic rings. The van der Waals surface area contributed by atoms with Gasteiger partial charge in [0.05, 0.1) is 17.3 Å². The lowest BCUT2D eigenvalue weighted by Crippen LogP contribution is -2.51. The number of amides is 1. The molecule has 4 saturated carbocycles. The highest BCUT2D eigenvalue weighted by Crippen LogP contribution is 2.60. The lowest BCUT2D eigenvalue weighted by Gasteiger charge is -2.55. The van der Waals surface area contributed by atoms with Crippen molar-refractivity contribution in [2.45, 2.75) is 38.5 Å². The Morgan fingerprint density at radius 1 is 1.11 bits per heavy atom. The summed E-state index contributed by atoms with van der Waals surface area (Å²) >= 11 is 0. The van der Waals surface area contributed by atoms with Crippen molar-refractivity contribution >= 4 is 34.9 Å². The second kappa shape index (κ2) is 8.29. The predicted octanol–water partition coefficient (Wildman–Crippen LogP) is 4.55. The van der Waals surface area contributed by atoms with Gasteiger partial charge in [0.2, 0.25) is 5.91 Å². The molecule has 4 bridgehead atoms. The Hall–Kier alpha value is -3.55. The molecular weight excluding hydrogens is 443 g/mol. The number of benzene rings is 1. The number of aromatic nitrogens is 3. The first-order valence-corrected chi connectivity index (χ1v) is 12.3. The molecule has 4 aliphatic rings. The lowest BCUT2D eigenvalue weighted by atomic mass is 9.49. The Morgan fingerprint density at radius 2 is 1.77 bits per heavy atom. The summed E-state index contributed by atoms with van der Waals surface area (Å²) < 4.78 is 15.0. The fourth-order valence-electron chi connectivity index (χ4n) is 6.91. The van der Waals surface area contributed by atoms with E-state index in [1.807, 2.05) is 12.1 Å². The maximum Gasteiger partial charge on any atom is 0.231 e. The van der Waals surface area contributed by atoms with E-state index < -0.39 is 0 Å². The van der Waals surface area contributed by atoms with Gasteiger partial charge in [-0.2, -0.15) is 5.10 Å². The van der Waals surface area contributed by atoms with Gasteiger partial charge >= 0.3 is 0 Å². The first-order chi connectivity index (χ1) is 16.9. The third-order valence-corrected chi connectivity index (χ3v) is 8.06. The van der Waals surface area contributed by atoms with Gasteiger partial charge in [0, 0.05) is 24.5 Å². The van der Waals surface area contributed by atoms with Crippen LogP contribution in [0.1, 0.15) is 49.8 Å². The van der Waals surface area contributed by atoms with E-state index in [-0.39, 0.29) is 17.1 Å². The van der Waals surface area contributed by atoms with Crippen LogP contribution in [-0.2, 0) is 4.79 Å². The zero-order chi connectivity index (χ0) is 24.2. The van der Waals surface area contributed by atoms with Gasteiger partial charge in [-0.25, -0.2) is 13.9 Å². The smallest absolute Gasteiger partial charge is 0.231 e. The van der Waals surface area contributed by atoms with E-state index in [1.165, 1.54) is 31.4 Å². The molecule has 3 N–H and O–H groups in total. The lowest BCUT2D eigenvalue weighted by molar-refractivity contribution is -0.140. The van der Waals surface area contributed by atoms with E-state index >= 15 is 0 Å². The molecule has 4 fully saturated rings. The van der Waals surface area contributed by atoms with Gasteiger partial charge in [-0.05, 0) is 98.2 Å². The quantitative estimate of drug-likeness (QED) is 0.532. The summed E-state index contributed by atoms with van der Waals surface area (Å²) in [6, 6.07) is 9.65. The number of rotatable bonds is 5. The van der Waals surface area contributed by atoms with Crippen LogP contribution in [0.4, 0.5) is 10.2 Å². The Morgan fingerprint density at radius 3 is 2.40 bits per heavy atom. The minimum Gasteiger partial charge on any atom is -0.398 e. The highest BCUT2D eigenvalue weighted by molar-refractivity contribution is 6.18. The molecule has 0 unspecified atom stereocenters. The molecule has 0 spiro atoms. The van der Waals surface area contributed by atoms with Crippen LogP contribution in [0, 0.1) is 29.0 Å². The van der Waals surface area contributed by atoms with Gasteiger partial charge < -0.3 is 11.1 Å². The number of aliphatic imine (C=N–C) groups is 1. The molecule has 1 amide bonds. The van der Waals surface area contributed by atoms with Crippen molar-refractivity contribution < 1.29 is 9.18 Å². The summed E-state index contributed by atoms with van der Waals surface area (Å²) in [6.07, 6.45) is 10.3. The van der Waals surface area contributed by atoms with Crippen LogP contribution in [0.25, 0.3) is 16.9 Å². The largest absolute Gasteiger partial charge is 0.398 e. The van der Waals surface area contributed by atoms with E-state index in [2.05, 4.69) is 20.4 Å². The summed E-state index contributed by atoms with van der Waals surface area (Å²) in [6.45, 7) is 0. The van der Waals surface area contributed by atoms with Crippen molar-refractivity contribution in [1.29, 1.82) is 0 Å². The third kappa shape index (κ3) is 3.90. The fraction of sp³-hybridized carbons (Fsp3) is 0.407. The van der Waals surface area contributed by atoms with Crippen molar-refractivity contribution in [3.8, 4) is 0 Å². The number of anilines is 1. The molecule has 35 heavy (non-hydrogen) atoms. The van der Waals surface area contributed by atoms with Crippen LogP contribution < -0.4 is 11.1 Å². The van der Waals surface area contributed by atoms with Crippen molar-refractivity contribution in [2.24, 2.45) is 33.9 Å². The van der Waals surface area contributed by atoms with Crippen molar-refractivity contribution in [1.82, 2.24) is 14.6 Å². The summed E-state index contributed by atoms with van der Waals surface area (Å²) in [5.74, 6) is 2.40. The van der Waals surface area contributed by atoms with Gasteiger partial charge in [0.25, 0.3) is 0 Å². The molecule has 0 aliphatic heterocycles. The topological polar surface area (TPSA) is 97.7 Å². The molecule has 0 saturated heterocycles. The molecule has 180 valence electrons. The Balaban J connectivity index is 1.28. The zero-order valence-electron chi connectivity index (χ0n) is 19.7. The molecule has 8 heteroatoms. The van der Waals surface area contributed by atoms with Crippen molar-refractivity contribution in [3.63, 3.8) is 0 Å². The Kier molecular flexibility index (Phi) is 5.20. The van der Waals surface area contributed by atoms with Gasteiger partial charge in [-0.15, -0.1) is 0 Å². The number of nitrogens with one attached hydrogen (secondary N) is 1. The number of nitrogens with zero attached hydrogens (tertiary/aromatic N) is 4. The van der Waals surface area contributed by atoms with Crippen LogP contribution in [0.5, 0.6) is 0 Å². The first kappa shape index (κ1) is 21.9. The molecule has 2 heterocycles. The molecule has 0 atom stereocenters. The second-order valence-corrected chi connectivity index (χ2v) is 10.5. The molecular formula is C27H29FN6O. The predicted molar refractivity (Wildman–Crippen MR) is 134 cm³/mol. The van der Waals surface area contributed by atoms with Crippen LogP contribution in [-0.4, -0.2) is 33.8 Å². The van der Waals surface area contributed by atoms with Crippen LogP contribution in [0.2, 0.25) is 0 Å². The second-order valence-electron chi connectivity index (χ2n) is 10.5. The van der Waals surface area contributed by atoms with Crippen LogP contribution in [0.3, 0.4) is 0 Å². The minimum atomic E-state index is -0.326. The molecule has 7 rings (SSSR count). The monoisotopic (exact) mass is 472 g/mol. The number of carbonyl (C=O) groups is 1. The number of halogens is 1. The zero-order valence-corrected chi connectivity index (χ0v) is 19.7. The highest BCUT2D eigenvalue weighted by atomic mass is 19.1. The van der Waals surface area contributed by atoms with Gasteiger partial charge in [-0.3, -0.25) is 9.79 Å². The number of imidazole rings is 1. The van der Waals surface area contributed by atoms with Crippen molar-refractivity contribution in [2.75, 3.05) is 12.4 Å². The number of hydrogen-bond acceptors (Lipinski definition) is 5. The van der Waals surface area contributed by atoms with Gasteiger partial charge in [0.1, 0.15) is 5.82 Å². The molecule has 2 aromatic heterocycles. The molecule has 7 nitrogen and oxygen atoms in total. The average molecular weight is 473 g/mol. The number of allylic oxidation sites excluding steroid dienone is 1. The minimum absolute atomic E-state index is 0.111. The summed E-state index contributed by atoms with van der Waals surface area (Å²) in [7, 11) is 1.66. The summed E-state index contributed by atoms with van der Waals surface area (Å²) in [5.41, 5.74) is 9.14. The fourth-order valence-corrected chi connectivity index (χ4v) is 6.91. The van der Waals surface area contributed by atoms with Crippen molar-refractivity contribution in [3.05, 3.63) is 59.7 Å². The average Bonchev–Trinajstić information content (AvgIpc) is 3.23. The number of hydrogen-bond donors (Lipinski definition) is 2. The SMILES string of the molecule is CN=CC(=C(N)c1ccc(F)cc1)c1ccc2nc(NC(=O)C34CC5CC(CC(C5)C3)C4)cn2n1. The van der Waals surface area contributed by atoms with E-state index in [1.54, 1.807) is 36.1 Å². The van der Waals surface area contributed by atoms with Crippen LogP contribution in [0.15, 0.2) is 47.6 Å². The molecule has 4 aliphatic carbocycles. The van der Waals surface area contributed by atoms with Gasteiger partial charge in [-0.1, -0.05) is 0 Å². The van der Waals surface area contributed by atoms with E-state index in [0.717, 1.165) is 19.3 Å². The van der Waals surface area contributed by atoms with E-state index in [4.69, 9.17) is 5.73 Å². The highest BCUT2D eigenvalue weighted by Gasteiger charge is 2.54. The third-order valence-electron chi connectivity index (χ3n) is 8.06. The molecule has 0 radical (unpaired) electrons. The maximum absolute atomic E-state index is 13.4. The summed E-state index contributed by atoms with van der Waals surface area (Å²) in [4.78, 5) is 22.1. The van der Waals surface area contributed by atoms with Crippen LogP contribution >= 0.6 is 0 Å². The standard InChI is InChI=1S/C27H29FN6O/c1-30-14-21(25(29)19-2-4-20(28)5-3-19)22-6-7-24-31-23(15-34(24)33-22)32-26(35)27-11-16-8-17(12-27)10-18(9-16)13-27/h2-7,14-18H,8-13,29H2,1H3,(H,32,35). The number of carbonyl (C=O) groups excluding carboxylic acids is 1. The maximum atomic E-state index is 13.4. The Labute approximate surface area is 203 Å². The van der Waals surface area contributed by atoms with E-state index in [9.17, 15) is 9.18 Å².